The van der Waals surface area contributed by atoms with Crippen molar-refractivity contribution < 1.29 is 14.3 Å². The Morgan fingerprint density at radius 1 is 1.21 bits per heavy atom. The van der Waals surface area contributed by atoms with Crippen LogP contribution in [0, 0.1) is 0 Å². The molecule has 24 heavy (non-hydrogen) atoms. The number of nitrogens with zero attached hydrogens (tertiary/aromatic N) is 1. The van der Waals surface area contributed by atoms with E-state index in [0.29, 0.717) is 22.9 Å². The van der Waals surface area contributed by atoms with E-state index in [2.05, 4.69) is 5.32 Å². The summed E-state index contributed by atoms with van der Waals surface area (Å²) in [7, 11) is 3.34. The molecule has 3 rings (SSSR count). The van der Waals surface area contributed by atoms with Gasteiger partial charge in [-0.3, -0.25) is 9.59 Å². The van der Waals surface area contributed by atoms with Gasteiger partial charge in [-0.05, 0) is 24.3 Å². The van der Waals surface area contributed by atoms with E-state index >= 15 is 0 Å². The Bertz CT molecular complexity index is 805. The monoisotopic (exact) mass is 344 g/mol. The molecule has 0 bridgehead atoms. The number of carbonyl (C=O) groups is 2. The van der Waals surface area contributed by atoms with Gasteiger partial charge in [0.05, 0.1) is 10.7 Å². The maximum atomic E-state index is 12.6. The lowest BCUT2D eigenvalue weighted by Crippen LogP contribution is -2.24. The van der Waals surface area contributed by atoms with Crippen molar-refractivity contribution in [2.75, 3.05) is 26.0 Å². The maximum Gasteiger partial charge on any atom is 0.253 e. The van der Waals surface area contributed by atoms with E-state index in [0.717, 1.165) is 11.3 Å². The van der Waals surface area contributed by atoms with E-state index in [1.807, 2.05) is 24.3 Å². The van der Waals surface area contributed by atoms with Crippen molar-refractivity contribution in [2.45, 2.75) is 5.92 Å². The van der Waals surface area contributed by atoms with Crippen LogP contribution in [0.4, 0.5) is 5.69 Å². The molecule has 1 heterocycles. The third-order valence-corrected chi connectivity index (χ3v) is 4.22. The lowest BCUT2D eigenvalue weighted by atomic mass is 10.0. The van der Waals surface area contributed by atoms with Crippen LogP contribution in [0.1, 0.15) is 21.8 Å². The molecule has 0 radical (unpaired) electrons. The largest absolute Gasteiger partial charge is 0.492 e. The number of hydrogen-bond acceptors (Lipinski definition) is 3. The summed E-state index contributed by atoms with van der Waals surface area (Å²) in [5.41, 5.74) is 1.73. The molecule has 2 aromatic rings. The van der Waals surface area contributed by atoms with Gasteiger partial charge < -0.3 is 15.0 Å². The number of halogens is 1. The molecule has 2 amide bonds. The molecule has 0 saturated heterocycles. The number of hydrogen-bond donors (Lipinski definition) is 1. The molecule has 1 N–H and O–H groups in total. The normalized spacial score (nSPS) is 15.4. The Labute approximate surface area is 145 Å². The second-order valence-electron chi connectivity index (χ2n) is 5.78. The van der Waals surface area contributed by atoms with Crippen molar-refractivity contribution in [1.82, 2.24) is 4.90 Å². The zero-order chi connectivity index (χ0) is 17.3. The Morgan fingerprint density at radius 2 is 1.96 bits per heavy atom. The number of para-hydroxylation sites is 1. The molecule has 1 aliphatic rings. The van der Waals surface area contributed by atoms with Gasteiger partial charge in [-0.15, -0.1) is 0 Å². The molecular weight excluding hydrogens is 328 g/mol. The average molecular weight is 345 g/mol. The van der Waals surface area contributed by atoms with Gasteiger partial charge in [-0.2, -0.15) is 0 Å². The van der Waals surface area contributed by atoms with E-state index in [4.69, 9.17) is 16.3 Å². The number of nitrogens with one attached hydrogen (secondary N) is 1. The number of fused-ring (bicyclic) bond motifs is 1. The van der Waals surface area contributed by atoms with Gasteiger partial charge in [0.25, 0.3) is 5.91 Å². The standard InChI is InChI=1S/C18H17ClN2O3/c1-21(2)18(23)11-7-8-14(19)15(9-11)20-17(22)13-10-24-16-6-4-3-5-12(13)16/h3-9,13H,10H2,1-2H3,(H,20,22). The highest BCUT2D eigenvalue weighted by molar-refractivity contribution is 6.34. The van der Waals surface area contributed by atoms with E-state index in [1.54, 1.807) is 32.3 Å². The Kier molecular flexibility index (Phi) is 4.44. The molecule has 0 aliphatic carbocycles. The summed E-state index contributed by atoms with van der Waals surface area (Å²) in [6.45, 7) is 0.291. The molecule has 0 saturated carbocycles. The third-order valence-electron chi connectivity index (χ3n) is 3.89. The first-order chi connectivity index (χ1) is 11.5. The molecule has 6 heteroatoms. The highest BCUT2D eigenvalue weighted by Gasteiger charge is 2.30. The van der Waals surface area contributed by atoms with Crippen molar-refractivity contribution >= 4 is 29.1 Å². The van der Waals surface area contributed by atoms with Crippen LogP contribution in [0.15, 0.2) is 42.5 Å². The van der Waals surface area contributed by atoms with Gasteiger partial charge in [0.1, 0.15) is 18.3 Å². The molecule has 124 valence electrons. The van der Waals surface area contributed by atoms with E-state index < -0.39 is 5.92 Å². The summed E-state index contributed by atoms with van der Waals surface area (Å²) in [6, 6.07) is 12.3. The molecule has 1 unspecified atom stereocenters. The topological polar surface area (TPSA) is 58.6 Å². The number of benzene rings is 2. The summed E-state index contributed by atoms with van der Waals surface area (Å²) in [5, 5.41) is 3.19. The van der Waals surface area contributed by atoms with Gasteiger partial charge in [-0.1, -0.05) is 29.8 Å². The Morgan fingerprint density at radius 3 is 2.71 bits per heavy atom. The van der Waals surface area contributed by atoms with Crippen LogP contribution in [0.5, 0.6) is 5.75 Å². The van der Waals surface area contributed by atoms with Crippen LogP contribution in [0.25, 0.3) is 0 Å². The van der Waals surface area contributed by atoms with Crippen LogP contribution in [-0.2, 0) is 4.79 Å². The molecule has 0 aromatic heterocycles. The van der Waals surface area contributed by atoms with Gasteiger partial charge in [0.15, 0.2) is 0 Å². The fraction of sp³-hybridized carbons (Fsp3) is 0.222. The van der Waals surface area contributed by atoms with Crippen molar-refractivity contribution in [1.29, 1.82) is 0 Å². The Hall–Kier alpha value is -2.53. The zero-order valence-electron chi connectivity index (χ0n) is 13.4. The highest BCUT2D eigenvalue weighted by Crippen LogP contribution is 2.34. The summed E-state index contributed by atoms with van der Waals surface area (Å²) in [5.74, 6) is -0.0428. The molecule has 5 nitrogen and oxygen atoms in total. The van der Waals surface area contributed by atoms with Crippen LogP contribution >= 0.6 is 11.6 Å². The summed E-state index contributed by atoms with van der Waals surface area (Å²) in [6.07, 6.45) is 0. The summed E-state index contributed by atoms with van der Waals surface area (Å²) < 4.78 is 5.54. The minimum Gasteiger partial charge on any atom is -0.492 e. The predicted molar refractivity (Wildman–Crippen MR) is 92.8 cm³/mol. The highest BCUT2D eigenvalue weighted by atomic mass is 35.5. The smallest absolute Gasteiger partial charge is 0.253 e. The van der Waals surface area contributed by atoms with Crippen molar-refractivity contribution in [3.63, 3.8) is 0 Å². The zero-order valence-corrected chi connectivity index (χ0v) is 14.1. The number of rotatable bonds is 3. The lowest BCUT2D eigenvalue weighted by molar-refractivity contribution is -0.117. The minimum atomic E-state index is -0.398. The van der Waals surface area contributed by atoms with Crippen LogP contribution < -0.4 is 10.1 Å². The molecule has 2 aromatic carbocycles. The SMILES string of the molecule is CN(C)C(=O)c1ccc(Cl)c(NC(=O)C2COc3ccccc32)c1. The van der Waals surface area contributed by atoms with Crippen molar-refractivity contribution in [3.05, 3.63) is 58.6 Å². The number of amides is 2. The fourth-order valence-corrected chi connectivity index (χ4v) is 2.78. The third kappa shape index (κ3) is 3.08. The van der Waals surface area contributed by atoms with Gasteiger partial charge in [0, 0.05) is 25.2 Å². The van der Waals surface area contributed by atoms with Crippen LogP contribution in [0.2, 0.25) is 5.02 Å². The summed E-state index contributed by atoms with van der Waals surface area (Å²) in [4.78, 5) is 26.1. The van der Waals surface area contributed by atoms with E-state index in [-0.39, 0.29) is 11.8 Å². The molecule has 0 spiro atoms. The molecule has 1 atom stereocenters. The van der Waals surface area contributed by atoms with Crippen LogP contribution in [-0.4, -0.2) is 37.4 Å². The number of ether oxygens (including phenoxy) is 1. The van der Waals surface area contributed by atoms with Crippen molar-refractivity contribution in [2.24, 2.45) is 0 Å². The van der Waals surface area contributed by atoms with Crippen molar-refractivity contribution in [3.8, 4) is 5.75 Å². The Balaban J connectivity index is 1.83. The van der Waals surface area contributed by atoms with Gasteiger partial charge in [-0.25, -0.2) is 0 Å². The summed E-state index contributed by atoms with van der Waals surface area (Å²) >= 11 is 6.16. The molecular formula is C18H17ClN2O3. The van der Waals surface area contributed by atoms with Gasteiger partial charge >= 0.3 is 0 Å². The molecule has 1 aliphatic heterocycles. The maximum absolute atomic E-state index is 12.6. The molecule has 0 fully saturated rings. The minimum absolute atomic E-state index is 0.156. The predicted octanol–water partition coefficient (Wildman–Crippen LogP) is 3.16. The second-order valence-corrected chi connectivity index (χ2v) is 6.19. The average Bonchev–Trinajstić information content (AvgIpc) is 3.00. The first-order valence-electron chi connectivity index (χ1n) is 7.51. The number of carbonyl (C=O) groups excluding carboxylic acids is 2. The first-order valence-corrected chi connectivity index (χ1v) is 7.89. The number of anilines is 1. The lowest BCUT2D eigenvalue weighted by Gasteiger charge is -2.14. The van der Waals surface area contributed by atoms with Gasteiger partial charge in [0.2, 0.25) is 5.91 Å². The fourth-order valence-electron chi connectivity index (χ4n) is 2.61. The van der Waals surface area contributed by atoms with E-state index in [1.165, 1.54) is 4.90 Å². The van der Waals surface area contributed by atoms with E-state index in [9.17, 15) is 9.59 Å². The van der Waals surface area contributed by atoms with Crippen LogP contribution in [0.3, 0.4) is 0 Å². The second kappa shape index (κ2) is 6.53. The quantitative estimate of drug-likeness (QED) is 0.930. The first kappa shape index (κ1) is 16.3.